The van der Waals surface area contributed by atoms with Gasteiger partial charge in [0.25, 0.3) is 0 Å². The number of hydrogen-bond donors (Lipinski definition) is 2. The maximum atomic E-state index is 13.1. The van der Waals surface area contributed by atoms with Crippen LogP contribution in [-0.2, 0) is 30.4 Å². The molecule has 0 unspecified atom stereocenters. The van der Waals surface area contributed by atoms with Gasteiger partial charge in [0.05, 0.1) is 17.8 Å². The molecule has 1 aliphatic heterocycles. The second-order valence-corrected chi connectivity index (χ2v) is 8.25. The number of carbonyl (C=O) groups excluding carboxylic acids is 1. The van der Waals surface area contributed by atoms with Crippen molar-refractivity contribution < 1.29 is 23.1 Å². The Morgan fingerprint density at radius 1 is 1.00 bits per heavy atom. The van der Waals surface area contributed by atoms with Crippen LogP contribution >= 0.6 is 0 Å². The smallest absolute Gasteiger partial charge is 0.418 e. The first kappa shape index (κ1) is 21.6. The van der Waals surface area contributed by atoms with Crippen LogP contribution in [0.15, 0.2) is 36.4 Å². The fourth-order valence-corrected chi connectivity index (χ4v) is 4.37. The van der Waals surface area contributed by atoms with Crippen molar-refractivity contribution in [3.05, 3.63) is 58.7 Å². The Morgan fingerprint density at radius 2 is 1.65 bits per heavy atom. The fourth-order valence-electron chi connectivity index (χ4n) is 4.37. The minimum Gasteiger partial charge on any atom is -0.508 e. The lowest BCUT2D eigenvalue weighted by molar-refractivity contribution is -0.137. The summed E-state index contributed by atoms with van der Waals surface area (Å²) in [5, 5.41) is 12.7. The highest BCUT2D eigenvalue weighted by Crippen LogP contribution is 2.34. The summed E-state index contributed by atoms with van der Waals surface area (Å²) in [4.78, 5) is 16.5. The van der Waals surface area contributed by atoms with Crippen LogP contribution in [0.25, 0.3) is 0 Å². The number of para-hydroxylation sites is 1. The lowest BCUT2D eigenvalue weighted by atomic mass is 10.0. The van der Waals surface area contributed by atoms with Crippen LogP contribution in [0.5, 0.6) is 5.75 Å². The minimum absolute atomic E-state index is 0.0458. The summed E-state index contributed by atoms with van der Waals surface area (Å²) in [5.41, 5.74) is 2.43. The van der Waals surface area contributed by atoms with E-state index in [1.807, 2.05) is 11.0 Å². The minimum atomic E-state index is -4.52. The molecule has 2 N–H and O–H groups in total. The number of nitrogens with zero attached hydrogens (tertiary/aromatic N) is 2. The van der Waals surface area contributed by atoms with Crippen molar-refractivity contribution in [1.29, 1.82) is 0 Å². The van der Waals surface area contributed by atoms with E-state index in [4.69, 9.17) is 0 Å². The second-order valence-electron chi connectivity index (χ2n) is 8.25. The number of hydrogen-bond acceptors (Lipinski definition) is 4. The number of nitrogens with one attached hydrogen (secondary N) is 1. The van der Waals surface area contributed by atoms with Gasteiger partial charge in [0.15, 0.2) is 0 Å². The van der Waals surface area contributed by atoms with E-state index >= 15 is 0 Å². The van der Waals surface area contributed by atoms with Crippen molar-refractivity contribution in [3.8, 4) is 5.75 Å². The zero-order chi connectivity index (χ0) is 22.0. The Labute approximate surface area is 179 Å². The lowest BCUT2D eigenvalue weighted by Crippen LogP contribution is -2.48. The summed E-state index contributed by atoms with van der Waals surface area (Å²) >= 11 is 0. The maximum absolute atomic E-state index is 13.1. The van der Waals surface area contributed by atoms with Crippen LogP contribution in [-0.4, -0.2) is 53.5 Å². The third-order valence-corrected chi connectivity index (χ3v) is 6.03. The first-order valence-electron chi connectivity index (χ1n) is 10.5. The van der Waals surface area contributed by atoms with Gasteiger partial charge in [-0.05, 0) is 48.6 Å². The summed E-state index contributed by atoms with van der Waals surface area (Å²) in [6.45, 7) is 3.42. The zero-order valence-electron chi connectivity index (χ0n) is 17.2. The molecule has 0 saturated carbocycles. The number of halogens is 3. The van der Waals surface area contributed by atoms with Gasteiger partial charge in [-0.3, -0.25) is 14.6 Å². The highest BCUT2D eigenvalue weighted by molar-refractivity contribution is 5.93. The molecule has 166 valence electrons. The molecule has 1 fully saturated rings. The number of phenolic OH excluding ortho intramolecular Hbond substituents is 1. The van der Waals surface area contributed by atoms with Gasteiger partial charge >= 0.3 is 6.18 Å². The van der Waals surface area contributed by atoms with E-state index < -0.39 is 17.6 Å². The van der Waals surface area contributed by atoms with Crippen molar-refractivity contribution in [2.24, 2.45) is 0 Å². The molecule has 2 aromatic rings. The molecule has 0 radical (unpaired) electrons. The Morgan fingerprint density at radius 3 is 2.35 bits per heavy atom. The average molecular weight is 433 g/mol. The molecule has 31 heavy (non-hydrogen) atoms. The van der Waals surface area contributed by atoms with Gasteiger partial charge in [-0.2, -0.15) is 13.2 Å². The largest absolute Gasteiger partial charge is 0.508 e. The van der Waals surface area contributed by atoms with Crippen molar-refractivity contribution in [2.75, 3.05) is 38.0 Å². The van der Waals surface area contributed by atoms with Crippen molar-refractivity contribution >= 4 is 11.6 Å². The molecule has 5 nitrogen and oxygen atoms in total. The molecule has 1 aliphatic carbocycles. The van der Waals surface area contributed by atoms with Crippen LogP contribution in [0, 0.1) is 0 Å². The van der Waals surface area contributed by atoms with Gasteiger partial charge in [0, 0.05) is 38.3 Å². The van der Waals surface area contributed by atoms with Gasteiger partial charge < -0.3 is 10.4 Å². The number of rotatable bonds is 5. The SMILES string of the molecule is O=C(CN1CCN(Cc2cc3c(cc2O)CCC3)CC1)Nc1ccccc1C(F)(F)F. The normalized spacial score (nSPS) is 17.5. The first-order chi connectivity index (χ1) is 14.8. The third-order valence-electron chi connectivity index (χ3n) is 6.03. The molecular formula is C23H26F3N3O2. The Balaban J connectivity index is 1.29. The van der Waals surface area contributed by atoms with E-state index in [1.54, 1.807) is 0 Å². The average Bonchev–Trinajstić information content (AvgIpc) is 3.16. The van der Waals surface area contributed by atoms with Crippen LogP contribution in [0.3, 0.4) is 0 Å². The molecular weight excluding hydrogens is 407 g/mol. The number of phenols is 1. The Bertz CT molecular complexity index is 954. The highest BCUT2D eigenvalue weighted by atomic mass is 19.4. The lowest BCUT2D eigenvalue weighted by Gasteiger charge is -2.34. The molecule has 2 aliphatic rings. The Kier molecular flexibility index (Phi) is 6.20. The number of aromatic hydroxyl groups is 1. The number of fused-ring (bicyclic) bond motifs is 1. The molecule has 0 bridgehead atoms. The predicted molar refractivity (Wildman–Crippen MR) is 112 cm³/mol. The maximum Gasteiger partial charge on any atom is 0.418 e. The van der Waals surface area contributed by atoms with Gasteiger partial charge in [0.1, 0.15) is 5.75 Å². The van der Waals surface area contributed by atoms with E-state index in [0.29, 0.717) is 25.4 Å². The number of amides is 1. The highest BCUT2D eigenvalue weighted by Gasteiger charge is 2.33. The molecule has 2 aromatic carbocycles. The predicted octanol–water partition coefficient (Wildman–Crippen LogP) is 3.66. The molecule has 1 saturated heterocycles. The van der Waals surface area contributed by atoms with E-state index in [2.05, 4.69) is 16.3 Å². The third kappa shape index (κ3) is 5.19. The van der Waals surface area contributed by atoms with Gasteiger partial charge in [-0.15, -0.1) is 0 Å². The molecule has 0 aromatic heterocycles. The molecule has 0 atom stereocenters. The molecule has 1 amide bonds. The van der Waals surface area contributed by atoms with Crippen LogP contribution < -0.4 is 5.32 Å². The van der Waals surface area contributed by atoms with E-state index in [-0.39, 0.29) is 12.2 Å². The van der Waals surface area contributed by atoms with Crippen molar-refractivity contribution in [1.82, 2.24) is 9.80 Å². The first-order valence-corrected chi connectivity index (χ1v) is 10.5. The number of benzene rings is 2. The monoisotopic (exact) mass is 433 g/mol. The number of aryl methyl sites for hydroxylation is 2. The molecule has 1 heterocycles. The van der Waals surface area contributed by atoms with Crippen LogP contribution in [0.1, 0.15) is 28.7 Å². The second kappa shape index (κ2) is 8.88. The summed E-state index contributed by atoms with van der Waals surface area (Å²) < 4.78 is 39.3. The van der Waals surface area contributed by atoms with Crippen LogP contribution in [0.4, 0.5) is 18.9 Å². The van der Waals surface area contributed by atoms with E-state index in [1.165, 1.54) is 29.3 Å². The number of alkyl halides is 3. The zero-order valence-corrected chi connectivity index (χ0v) is 17.2. The van der Waals surface area contributed by atoms with Gasteiger partial charge in [-0.1, -0.05) is 18.2 Å². The van der Waals surface area contributed by atoms with Crippen molar-refractivity contribution in [2.45, 2.75) is 32.0 Å². The quantitative estimate of drug-likeness (QED) is 0.756. The number of carbonyl (C=O) groups is 1. The molecule has 0 spiro atoms. The summed E-state index contributed by atoms with van der Waals surface area (Å²) in [5.74, 6) is -0.118. The van der Waals surface area contributed by atoms with E-state index in [0.717, 1.165) is 44.0 Å². The summed E-state index contributed by atoms with van der Waals surface area (Å²) in [7, 11) is 0. The number of anilines is 1. The van der Waals surface area contributed by atoms with Gasteiger partial charge in [-0.25, -0.2) is 0 Å². The topological polar surface area (TPSA) is 55.8 Å². The van der Waals surface area contributed by atoms with Crippen molar-refractivity contribution in [3.63, 3.8) is 0 Å². The summed E-state index contributed by atoms with van der Waals surface area (Å²) in [6.07, 6.45) is -1.30. The molecule has 4 rings (SSSR count). The number of piperazine rings is 1. The standard InChI is InChI=1S/C23H26F3N3O2/c24-23(25,26)19-6-1-2-7-20(19)27-22(31)15-29-10-8-28(9-11-29)14-18-12-16-4-3-5-17(16)13-21(18)30/h1-2,6-7,12-13,30H,3-5,8-11,14-15H2,(H,27,31). The van der Waals surface area contributed by atoms with E-state index in [9.17, 15) is 23.1 Å². The fraction of sp³-hybridized carbons (Fsp3) is 0.435. The molecule has 8 heteroatoms. The summed E-state index contributed by atoms with van der Waals surface area (Å²) in [6, 6.07) is 8.99. The van der Waals surface area contributed by atoms with Gasteiger partial charge in [0.2, 0.25) is 5.91 Å². The van der Waals surface area contributed by atoms with Crippen LogP contribution in [0.2, 0.25) is 0 Å². The Hall–Kier alpha value is -2.58.